The summed E-state index contributed by atoms with van der Waals surface area (Å²) in [6.07, 6.45) is 0.232. The van der Waals surface area contributed by atoms with Crippen LogP contribution in [-0.4, -0.2) is 13.1 Å². The first kappa shape index (κ1) is 10.5. The van der Waals surface area contributed by atoms with Gasteiger partial charge in [-0.2, -0.15) is 0 Å². The number of piperidine rings is 1. The normalized spacial score (nSPS) is 20.2. The molecule has 0 unspecified atom stereocenters. The van der Waals surface area contributed by atoms with Crippen LogP contribution in [0.4, 0.5) is 13.2 Å². The average molecular weight is 215 g/mol. The van der Waals surface area contributed by atoms with E-state index in [9.17, 15) is 13.2 Å². The van der Waals surface area contributed by atoms with Gasteiger partial charge in [-0.25, -0.2) is 13.2 Å². The fourth-order valence-corrected chi connectivity index (χ4v) is 2.00. The van der Waals surface area contributed by atoms with Gasteiger partial charge in [0.2, 0.25) is 0 Å². The van der Waals surface area contributed by atoms with Gasteiger partial charge in [-0.3, -0.25) is 0 Å². The first-order valence-electron chi connectivity index (χ1n) is 4.98. The van der Waals surface area contributed by atoms with Gasteiger partial charge in [0.25, 0.3) is 0 Å². The van der Waals surface area contributed by atoms with Crippen LogP contribution in [0, 0.1) is 11.6 Å². The maximum Gasteiger partial charge on any atom is 0.144 e. The van der Waals surface area contributed by atoms with Crippen LogP contribution in [0.15, 0.2) is 18.2 Å². The van der Waals surface area contributed by atoms with Crippen molar-refractivity contribution in [1.82, 2.24) is 5.32 Å². The molecule has 4 heteroatoms. The van der Waals surface area contributed by atoms with Crippen LogP contribution in [0.5, 0.6) is 0 Å². The lowest BCUT2D eigenvalue weighted by Crippen LogP contribution is -2.37. The number of nitrogens with one attached hydrogen (secondary N) is 1. The van der Waals surface area contributed by atoms with Gasteiger partial charge in [-0.05, 0) is 38.1 Å². The molecule has 0 spiro atoms. The molecule has 82 valence electrons. The highest BCUT2D eigenvalue weighted by atomic mass is 19.2. The lowest BCUT2D eigenvalue weighted by molar-refractivity contribution is 0.105. The number of hydrogen-bond donors (Lipinski definition) is 1. The van der Waals surface area contributed by atoms with Crippen molar-refractivity contribution < 1.29 is 13.2 Å². The van der Waals surface area contributed by atoms with E-state index < -0.39 is 22.9 Å². The molecular formula is C11H12F3N. The second kappa shape index (κ2) is 3.85. The minimum Gasteiger partial charge on any atom is -0.316 e. The van der Waals surface area contributed by atoms with Crippen molar-refractivity contribution in [3.8, 4) is 0 Å². The van der Waals surface area contributed by atoms with E-state index in [1.807, 2.05) is 0 Å². The summed E-state index contributed by atoms with van der Waals surface area (Å²) in [6.45, 7) is 0.897. The summed E-state index contributed by atoms with van der Waals surface area (Å²) >= 11 is 0. The summed E-state index contributed by atoms with van der Waals surface area (Å²) in [7, 11) is 0. The first-order valence-corrected chi connectivity index (χ1v) is 4.98. The Kier molecular flexibility index (Phi) is 2.69. The molecule has 1 heterocycles. The van der Waals surface area contributed by atoms with E-state index in [-0.39, 0.29) is 12.8 Å². The van der Waals surface area contributed by atoms with Crippen LogP contribution in [0.3, 0.4) is 0 Å². The Bertz CT molecular complexity index is 339. The van der Waals surface area contributed by atoms with Crippen molar-refractivity contribution >= 4 is 0 Å². The van der Waals surface area contributed by atoms with Gasteiger partial charge in [0.1, 0.15) is 17.3 Å². The molecule has 0 bridgehead atoms. The van der Waals surface area contributed by atoms with Gasteiger partial charge >= 0.3 is 0 Å². The molecule has 1 aromatic rings. The largest absolute Gasteiger partial charge is 0.316 e. The molecule has 1 fully saturated rings. The molecule has 0 aliphatic carbocycles. The van der Waals surface area contributed by atoms with Crippen molar-refractivity contribution in [3.63, 3.8) is 0 Å². The molecule has 1 aliphatic heterocycles. The van der Waals surface area contributed by atoms with Gasteiger partial charge in [-0.1, -0.05) is 6.07 Å². The lowest BCUT2D eigenvalue weighted by atomic mass is 9.86. The monoisotopic (exact) mass is 215 g/mol. The molecule has 1 aromatic carbocycles. The van der Waals surface area contributed by atoms with Crippen LogP contribution in [0.2, 0.25) is 0 Å². The van der Waals surface area contributed by atoms with Crippen LogP contribution >= 0.6 is 0 Å². The maximum atomic E-state index is 14.3. The SMILES string of the molecule is Fc1cccc(F)c1C1(F)CCNCC1. The van der Waals surface area contributed by atoms with E-state index >= 15 is 0 Å². The molecule has 1 N–H and O–H groups in total. The molecule has 0 atom stereocenters. The van der Waals surface area contributed by atoms with E-state index in [1.54, 1.807) is 0 Å². The second-order valence-corrected chi connectivity index (χ2v) is 3.81. The quantitative estimate of drug-likeness (QED) is 0.759. The average Bonchev–Trinajstić information content (AvgIpc) is 2.18. The first-order chi connectivity index (χ1) is 7.13. The van der Waals surface area contributed by atoms with Crippen LogP contribution in [0.1, 0.15) is 18.4 Å². The predicted molar refractivity (Wildman–Crippen MR) is 51.2 cm³/mol. The second-order valence-electron chi connectivity index (χ2n) is 3.81. The minimum absolute atomic E-state index is 0.116. The van der Waals surface area contributed by atoms with E-state index in [4.69, 9.17) is 0 Å². The molecule has 1 saturated heterocycles. The van der Waals surface area contributed by atoms with Crippen molar-refractivity contribution in [1.29, 1.82) is 0 Å². The summed E-state index contributed by atoms with van der Waals surface area (Å²) in [5, 5.41) is 2.96. The minimum atomic E-state index is -1.86. The lowest BCUT2D eigenvalue weighted by Gasteiger charge is -2.30. The Labute approximate surface area is 86.3 Å². The van der Waals surface area contributed by atoms with Crippen molar-refractivity contribution in [2.45, 2.75) is 18.5 Å². The highest BCUT2D eigenvalue weighted by Gasteiger charge is 2.38. The topological polar surface area (TPSA) is 12.0 Å². The molecule has 0 saturated carbocycles. The Balaban J connectivity index is 2.42. The Morgan fingerprint density at radius 3 is 2.13 bits per heavy atom. The van der Waals surface area contributed by atoms with Gasteiger partial charge in [0.15, 0.2) is 0 Å². The Hall–Kier alpha value is -1.03. The third-order valence-corrected chi connectivity index (χ3v) is 2.81. The number of benzene rings is 1. The van der Waals surface area contributed by atoms with Crippen molar-refractivity contribution in [2.24, 2.45) is 0 Å². The fourth-order valence-electron chi connectivity index (χ4n) is 2.00. The number of hydrogen-bond acceptors (Lipinski definition) is 1. The predicted octanol–water partition coefficient (Wildman–Crippen LogP) is 2.51. The van der Waals surface area contributed by atoms with Crippen molar-refractivity contribution in [3.05, 3.63) is 35.4 Å². The molecular weight excluding hydrogens is 203 g/mol. The van der Waals surface area contributed by atoms with Crippen LogP contribution in [-0.2, 0) is 5.67 Å². The zero-order valence-corrected chi connectivity index (χ0v) is 8.19. The fraction of sp³-hybridized carbons (Fsp3) is 0.455. The molecule has 15 heavy (non-hydrogen) atoms. The highest BCUT2D eigenvalue weighted by Crippen LogP contribution is 2.37. The van der Waals surface area contributed by atoms with Crippen molar-refractivity contribution in [2.75, 3.05) is 13.1 Å². The summed E-state index contributed by atoms with van der Waals surface area (Å²) < 4.78 is 41.1. The van der Waals surface area contributed by atoms with E-state index in [1.165, 1.54) is 6.07 Å². The van der Waals surface area contributed by atoms with Gasteiger partial charge in [-0.15, -0.1) is 0 Å². The number of halogens is 3. The molecule has 2 rings (SSSR count). The van der Waals surface area contributed by atoms with E-state index in [2.05, 4.69) is 5.32 Å². The number of alkyl halides is 1. The van der Waals surface area contributed by atoms with Gasteiger partial charge < -0.3 is 5.32 Å². The Morgan fingerprint density at radius 1 is 1.07 bits per heavy atom. The van der Waals surface area contributed by atoms with Gasteiger partial charge in [0, 0.05) is 0 Å². The smallest absolute Gasteiger partial charge is 0.144 e. The molecule has 0 radical (unpaired) electrons. The molecule has 1 nitrogen and oxygen atoms in total. The molecule has 1 aliphatic rings. The zero-order valence-electron chi connectivity index (χ0n) is 8.19. The summed E-state index contributed by atoms with van der Waals surface area (Å²) in [5.41, 5.74) is -2.27. The molecule has 0 aromatic heterocycles. The van der Waals surface area contributed by atoms with Crippen LogP contribution < -0.4 is 5.32 Å². The van der Waals surface area contributed by atoms with Gasteiger partial charge in [0.05, 0.1) is 5.56 Å². The number of rotatable bonds is 1. The molecule has 0 amide bonds. The summed E-state index contributed by atoms with van der Waals surface area (Å²) in [6, 6.07) is 3.45. The Morgan fingerprint density at radius 2 is 1.60 bits per heavy atom. The zero-order chi connectivity index (χ0) is 10.9. The standard InChI is InChI=1S/C11H12F3N/c12-8-2-1-3-9(13)10(8)11(14)4-6-15-7-5-11/h1-3,15H,4-7H2. The van der Waals surface area contributed by atoms with E-state index in [0.29, 0.717) is 13.1 Å². The third kappa shape index (κ3) is 1.86. The van der Waals surface area contributed by atoms with E-state index in [0.717, 1.165) is 12.1 Å². The third-order valence-electron chi connectivity index (χ3n) is 2.81. The highest BCUT2D eigenvalue weighted by molar-refractivity contribution is 5.27. The summed E-state index contributed by atoms with van der Waals surface area (Å²) in [5.74, 6) is -1.58. The summed E-state index contributed by atoms with van der Waals surface area (Å²) in [4.78, 5) is 0. The maximum absolute atomic E-state index is 14.3. The van der Waals surface area contributed by atoms with Crippen LogP contribution in [0.25, 0.3) is 0 Å².